The molecular weight excluding hydrogens is 292 g/mol. The molecule has 0 spiro atoms. The maximum absolute atomic E-state index is 11.3. The van der Waals surface area contributed by atoms with Gasteiger partial charge in [-0.2, -0.15) is 0 Å². The van der Waals surface area contributed by atoms with Crippen molar-refractivity contribution in [3.05, 3.63) is 33.3 Å². The molecule has 1 saturated heterocycles. The molecule has 2 rings (SSSR count). The Balaban J connectivity index is 2.08. The Morgan fingerprint density at radius 2 is 1.95 bits per heavy atom. The third-order valence-electron chi connectivity index (χ3n) is 3.07. The monoisotopic (exact) mass is 304 g/mol. The molecule has 1 aliphatic heterocycles. The lowest BCUT2D eigenvalue weighted by Crippen LogP contribution is -2.32. The smallest absolute Gasteiger partial charge is 0.289 e. The Kier molecular flexibility index (Phi) is 3.96. The van der Waals surface area contributed by atoms with E-state index in [0.29, 0.717) is 18.5 Å². The fourth-order valence-corrected chi connectivity index (χ4v) is 3.69. The van der Waals surface area contributed by atoms with Gasteiger partial charge in [-0.3, -0.25) is 10.1 Å². The van der Waals surface area contributed by atoms with Crippen molar-refractivity contribution in [3.8, 4) is 0 Å². The molecule has 1 aromatic carbocycles. The highest BCUT2D eigenvalue weighted by atomic mass is 35.5. The number of nitrogens with zero attached hydrogens (tertiary/aromatic N) is 1. The summed E-state index contributed by atoms with van der Waals surface area (Å²) in [5.74, 6) is 0.306. The second kappa shape index (κ2) is 5.34. The predicted octanol–water partition coefficient (Wildman–Crippen LogP) is 2.24. The van der Waals surface area contributed by atoms with E-state index in [1.165, 1.54) is 12.1 Å². The number of nitro benzene ring substituents is 1. The van der Waals surface area contributed by atoms with Crippen molar-refractivity contribution in [1.82, 2.24) is 0 Å². The quantitative estimate of drug-likeness (QED) is 0.683. The molecule has 19 heavy (non-hydrogen) atoms. The van der Waals surface area contributed by atoms with Crippen LogP contribution in [-0.4, -0.2) is 30.9 Å². The lowest BCUT2D eigenvalue weighted by molar-refractivity contribution is -0.384. The maximum atomic E-state index is 11.3. The summed E-state index contributed by atoms with van der Waals surface area (Å²) in [5, 5.41) is 14.0. The highest BCUT2D eigenvalue weighted by Gasteiger charge is 2.24. The van der Waals surface area contributed by atoms with Crippen LogP contribution in [0.5, 0.6) is 0 Å². The summed E-state index contributed by atoms with van der Waals surface area (Å²) < 4.78 is 22.6. The molecule has 1 aromatic rings. The highest BCUT2D eigenvalue weighted by molar-refractivity contribution is 7.91. The number of halogens is 1. The van der Waals surface area contributed by atoms with Crippen LogP contribution >= 0.6 is 11.6 Å². The Hall–Kier alpha value is -1.34. The van der Waals surface area contributed by atoms with E-state index in [1.807, 2.05) is 0 Å². The average molecular weight is 305 g/mol. The van der Waals surface area contributed by atoms with Gasteiger partial charge in [0.2, 0.25) is 0 Å². The van der Waals surface area contributed by atoms with Crippen LogP contribution < -0.4 is 5.32 Å². The van der Waals surface area contributed by atoms with Gasteiger partial charge in [0, 0.05) is 17.8 Å². The zero-order valence-electron chi connectivity index (χ0n) is 10.0. The van der Waals surface area contributed by atoms with Crippen molar-refractivity contribution in [2.45, 2.75) is 18.9 Å². The van der Waals surface area contributed by atoms with E-state index in [2.05, 4.69) is 5.32 Å². The second-order valence-electron chi connectivity index (χ2n) is 4.49. The molecular formula is C11H13ClN2O4S. The van der Waals surface area contributed by atoms with Crippen LogP contribution in [0.3, 0.4) is 0 Å². The number of sulfone groups is 1. The summed E-state index contributed by atoms with van der Waals surface area (Å²) in [5.41, 5.74) is 0.426. The Morgan fingerprint density at radius 1 is 1.32 bits per heavy atom. The van der Waals surface area contributed by atoms with E-state index in [9.17, 15) is 18.5 Å². The molecule has 6 nitrogen and oxygen atoms in total. The molecule has 0 unspecified atom stereocenters. The van der Waals surface area contributed by atoms with Crippen LogP contribution in [0.4, 0.5) is 11.4 Å². The largest absolute Gasteiger partial charge is 0.382 e. The second-order valence-corrected chi connectivity index (χ2v) is 7.20. The Labute approximate surface area is 115 Å². The SMILES string of the molecule is O=[N+]([O-])c1cc(NC2CCS(=O)(=O)CC2)ccc1Cl. The van der Waals surface area contributed by atoms with Gasteiger partial charge in [0.25, 0.3) is 5.69 Å². The molecule has 0 radical (unpaired) electrons. The summed E-state index contributed by atoms with van der Waals surface area (Å²) in [4.78, 5) is 10.2. The van der Waals surface area contributed by atoms with E-state index >= 15 is 0 Å². The van der Waals surface area contributed by atoms with E-state index in [1.54, 1.807) is 6.07 Å². The lowest BCUT2D eigenvalue weighted by atomic mass is 10.1. The number of anilines is 1. The molecule has 1 fully saturated rings. The third-order valence-corrected chi connectivity index (χ3v) is 5.10. The van der Waals surface area contributed by atoms with Crippen molar-refractivity contribution >= 4 is 32.8 Å². The number of nitro groups is 1. The molecule has 104 valence electrons. The lowest BCUT2D eigenvalue weighted by Gasteiger charge is -2.23. The topological polar surface area (TPSA) is 89.3 Å². The number of hydrogen-bond donors (Lipinski definition) is 1. The van der Waals surface area contributed by atoms with Crippen molar-refractivity contribution in [1.29, 1.82) is 0 Å². The minimum atomic E-state index is -2.91. The first-order valence-electron chi connectivity index (χ1n) is 5.78. The number of nitrogens with one attached hydrogen (secondary N) is 1. The fourth-order valence-electron chi connectivity index (χ4n) is 2.01. The fraction of sp³-hybridized carbons (Fsp3) is 0.455. The summed E-state index contributed by atoms with van der Waals surface area (Å²) in [6, 6.07) is 4.50. The maximum Gasteiger partial charge on any atom is 0.289 e. The van der Waals surface area contributed by atoms with Gasteiger partial charge in [-0.15, -0.1) is 0 Å². The summed E-state index contributed by atoms with van der Waals surface area (Å²) in [7, 11) is -2.91. The van der Waals surface area contributed by atoms with Gasteiger partial charge in [0.05, 0.1) is 16.4 Å². The van der Waals surface area contributed by atoms with Gasteiger partial charge in [-0.25, -0.2) is 8.42 Å². The van der Waals surface area contributed by atoms with Crippen molar-refractivity contribution in [2.75, 3.05) is 16.8 Å². The normalized spacial score (nSPS) is 19.0. The van der Waals surface area contributed by atoms with Crippen LogP contribution in [0, 0.1) is 10.1 Å². The molecule has 0 aliphatic carbocycles. The van der Waals surface area contributed by atoms with E-state index in [0.717, 1.165) is 0 Å². The molecule has 1 heterocycles. The number of hydrogen-bond acceptors (Lipinski definition) is 5. The molecule has 0 atom stereocenters. The van der Waals surface area contributed by atoms with Crippen molar-refractivity contribution in [2.24, 2.45) is 0 Å². The van der Waals surface area contributed by atoms with Crippen LogP contribution in [0.15, 0.2) is 18.2 Å². The van der Waals surface area contributed by atoms with Crippen LogP contribution in [0.1, 0.15) is 12.8 Å². The predicted molar refractivity (Wildman–Crippen MR) is 73.4 cm³/mol. The average Bonchev–Trinajstić information content (AvgIpc) is 2.34. The summed E-state index contributed by atoms with van der Waals surface area (Å²) in [6.07, 6.45) is 1.03. The summed E-state index contributed by atoms with van der Waals surface area (Å²) in [6.45, 7) is 0. The van der Waals surface area contributed by atoms with Gasteiger partial charge in [0.1, 0.15) is 14.9 Å². The zero-order valence-corrected chi connectivity index (χ0v) is 11.6. The molecule has 0 bridgehead atoms. The van der Waals surface area contributed by atoms with Crippen LogP contribution in [0.25, 0.3) is 0 Å². The van der Waals surface area contributed by atoms with Gasteiger partial charge >= 0.3 is 0 Å². The Morgan fingerprint density at radius 3 is 2.53 bits per heavy atom. The van der Waals surface area contributed by atoms with Crippen LogP contribution in [0.2, 0.25) is 5.02 Å². The molecule has 1 aliphatic rings. The minimum absolute atomic E-state index is 0.0179. The minimum Gasteiger partial charge on any atom is -0.382 e. The van der Waals surface area contributed by atoms with Crippen molar-refractivity contribution in [3.63, 3.8) is 0 Å². The van der Waals surface area contributed by atoms with Gasteiger partial charge in [-0.1, -0.05) is 11.6 Å². The molecule has 1 N–H and O–H groups in total. The summed E-state index contributed by atoms with van der Waals surface area (Å²) >= 11 is 5.72. The van der Waals surface area contributed by atoms with Gasteiger partial charge in [0.15, 0.2) is 0 Å². The van der Waals surface area contributed by atoms with Gasteiger partial charge in [-0.05, 0) is 25.0 Å². The Bertz CT molecular complexity index is 589. The number of benzene rings is 1. The van der Waals surface area contributed by atoms with E-state index in [-0.39, 0.29) is 28.3 Å². The van der Waals surface area contributed by atoms with E-state index < -0.39 is 14.8 Å². The van der Waals surface area contributed by atoms with E-state index in [4.69, 9.17) is 11.6 Å². The molecule has 0 saturated carbocycles. The molecule has 8 heteroatoms. The highest BCUT2D eigenvalue weighted by Crippen LogP contribution is 2.28. The zero-order chi connectivity index (χ0) is 14.0. The van der Waals surface area contributed by atoms with Gasteiger partial charge < -0.3 is 5.32 Å². The first kappa shape index (κ1) is 14.1. The first-order chi connectivity index (χ1) is 8.87. The molecule has 0 aromatic heterocycles. The first-order valence-corrected chi connectivity index (χ1v) is 7.98. The number of rotatable bonds is 3. The van der Waals surface area contributed by atoms with Crippen molar-refractivity contribution < 1.29 is 13.3 Å². The molecule has 0 amide bonds. The third kappa shape index (κ3) is 3.57. The van der Waals surface area contributed by atoms with Crippen LogP contribution in [-0.2, 0) is 9.84 Å². The standard InChI is InChI=1S/C11H13ClN2O4S/c12-10-2-1-9(7-11(10)14(15)16)13-8-3-5-19(17,18)6-4-8/h1-2,7-8,13H,3-6H2.